The van der Waals surface area contributed by atoms with Crippen molar-refractivity contribution in [3.63, 3.8) is 0 Å². The van der Waals surface area contributed by atoms with Gasteiger partial charge < -0.3 is 20.3 Å². The molecule has 1 amide bonds. The molecule has 0 bridgehead atoms. The molecule has 0 unspecified atom stereocenters. The van der Waals surface area contributed by atoms with E-state index in [1.54, 1.807) is 43.3 Å². The minimum absolute atomic E-state index is 0.0293. The highest BCUT2D eigenvalue weighted by Crippen LogP contribution is 2.31. The molecular formula is C26H30ClN3O5. The molecular weight excluding hydrogens is 470 g/mol. The Bertz CT molecular complexity index is 1190. The summed E-state index contributed by atoms with van der Waals surface area (Å²) in [5.41, 5.74) is -0.432. The SMILES string of the molecule is CC(C)(C)[C@](C)(O)COc1cc(C(=O)N[C@@H](CC(=O)O)c2ccccc2Cl)nn1-c1ccccc1. The first-order chi connectivity index (χ1) is 16.4. The molecule has 0 aliphatic carbocycles. The Balaban J connectivity index is 1.92. The number of carbonyl (C=O) groups excluding carboxylic acids is 1. The second-order valence-corrected chi connectivity index (χ2v) is 9.98. The third-order valence-electron chi connectivity index (χ3n) is 5.99. The maximum absolute atomic E-state index is 13.2. The standard InChI is InChI=1S/C26H30ClN3O5/c1-25(2,3)26(4,34)16-35-22-14-21(29-30(22)17-10-6-5-7-11-17)24(33)28-20(15-23(31)32)18-12-8-9-13-19(18)27/h5-14,20,34H,15-16H2,1-4H3,(H,28,33)(H,31,32)/t20-,26+/m0/s1. The molecule has 1 aromatic heterocycles. The van der Waals surface area contributed by atoms with Crippen LogP contribution in [0.2, 0.25) is 5.02 Å². The van der Waals surface area contributed by atoms with Gasteiger partial charge in [0.2, 0.25) is 5.88 Å². The molecule has 2 atom stereocenters. The average molecular weight is 500 g/mol. The van der Waals surface area contributed by atoms with Gasteiger partial charge in [-0.15, -0.1) is 0 Å². The molecule has 2 aromatic carbocycles. The Morgan fingerprint density at radius 3 is 2.31 bits per heavy atom. The van der Waals surface area contributed by atoms with Gasteiger partial charge >= 0.3 is 5.97 Å². The van der Waals surface area contributed by atoms with Crippen LogP contribution in [0.1, 0.15) is 56.2 Å². The number of hydrogen-bond donors (Lipinski definition) is 3. The van der Waals surface area contributed by atoms with Gasteiger partial charge in [-0.2, -0.15) is 5.10 Å². The average Bonchev–Trinajstić information content (AvgIpc) is 3.22. The van der Waals surface area contributed by atoms with Crippen molar-refractivity contribution in [2.24, 2.45) is 5.41 Å². The molecule has 186 valence electrons. The largest absolute Gasteiger partial charge is 0.481 e. The second-order valence-electron chi connectivity index (χ2n) is 9.57. The summed E-state index contributed by atoms with van der Waals surface area (Å²) in [6.45, 7) is 7.37. The number of amides is 1. The van der Waals surface area contributed by atoms with E-state index in [1.807, 2.05) is 39.0 Å². The lowest BCUT2D eigenvalue weighted by atomic mass is 9.78. The number of nitrogens with zero attached hydrogens (tertiary/aromatic N) is 2. The molecule has 0 aliphatic rings. The zero-order chi connectivity index (χ0) is 25.8. The van der Waals surface area contributed by atoms with Crippen LogP contribution in [-0.4, -0.2) is 44.1 Å². The fraction of sp³-hybridized carbons (Fsp3) is 0.346. The number of aliphatic carboxylic acids is 1. The molecule has 3 rings (SSSR count). The zero-order valence-electron chi connectivity index (χ0n) is 20.2. The van der Waals surface area contributed by atoms with Gasteiger partial charge in [-0.3, -0.25) is 9.59 Å². The van der Waals surface area contributed by atoms with Crippen LogP contribution >= 0.6 is 11.6 Å². The molecule has 0 saturated carbocycles. The van der Waals surface area contributed by atoms with Crippen LogP contribution in [0.3, 0.4) is 0 Å². The molecule has 0 spiro atoms. The number of carboxylic acid groups (broad SMARTS) is 1. The van der Waals surface area contributed by atoms with Crippen LogP contribution in [0.5, 0.6) is 5.88 Å². The van der Waals surface area contributed by atoms with Crippen molar-refractivity contribution in [1.29, 1.82) is 0 Å². The smallest absolute Gasteiger partial charge is 0.305 e. The van der Waals surface area contributed by atoms with Crippen LogP contribution in [0, 0.1) is 5.41 Å². The molecule has 3 aromatic rings. The Hall–Kier alpha value is -3.36. The Morgan fingerprint density at radius 2 is 1.71 bits per heavy atom. The van der Waals surface area contributed by atoms with Crippen molar-refractivity contribution < 1.29 is 24.5 Å². The highest BCUT2D eigenvalue weighted by atomic mass is 35.5. The number of nitrogens with one attached hydrogen (secondary N) is 1. The number of carbonyl (C=O) groups is 2. The number of aliphatic hydroxyl groups is 1. The summed E-state index contributed by atoms with van der Waals surface area (Å²) in [6, 6.07) is 16.5. The van der Waals surface area contributed by atoms with Crippen molar-refractivity contribution in [1.82, 2.24) is 15.1 Å². The van der Waals surface area contributed by atoms with E-state index in [4.69, 9.17) is 16.3 Å². The maximum atomic E-state index is 13.2. The van der Waals surface area contributed by atoms with Crippen molar-refractivity contribution in [3.8, 4) is 11.6 Å². The van der Waals surface area contributed by atoms with Crippen molar-refractivity contribution in [2.45, 2.75) is 45.8 Å². The fourth-order valence-electron chi connectivity index (χ4n) is 3.17. The quantitative estimate of drug-likeness (QED) is 0.395. The molecule has 0 aliphatic heterocycles. The number of halogens is 1. The number of aromatic nitrogens is 2. The third kappa shape index (κ3) is 6.41. The van der Waals surface area contributed by atoms with Crippen molar-refractivity contribution >= 4 is 23.5 Å². The van der Waals surface area contributed by atoms with Crippen LogP contribution in [0.4, 0.5) is 0 Å². The van der Waals surface area contributed by atoms with Gasteiger partial charge in [0, 0.05) is 11.1 Å². The molecule has 0 saturated heterocycles. The van der Waals surface area contributed by atoms with Crippen molar-refractivity contribution in [2.75, 3.05) is 6.61 Å². The molecule has 35 heavy (non-hydrogen) atoms. The highest BCUT2D eigenvalue weighted by molar-refractivity contribution is 6.31. The van der Waals surface area contributed by atoms with Crippen LogP contribution in [0.25, 0.3) is 5.69 Å². The Kier molecular flexibility index (Phi) is 7.87. The summed E-state index contributed by atoms with van der Waals surface area (Å²) in [5, 5.41) is 27.7. The lowest BCUT2D eigenvalue weighted by Crippen LogP contribution is -2.45. The number of carboxylic acids is 1. The lowest BCUT2D eigenvalue weighted by molar-refractivity contribution is -0.137. The van der Waals surface area contributed by atoms with E-state index < -0.39 is 28.9 Å². The molecule has 1 heterocycles. The fourth-order valence-corrected chi connectivity index (χ4v) is 3.43. The van der Waals surface area contributed by atoms with E-state index in [0.29, 0.717) is 16.3 Å². The summed E-state index contributed by atoms with van der Waals surface area (Å²) in [4.78, 5) is 24.6. The van der Waals surface area contributed by atoms with E-state index in [9.17, 15) is 19.8 Å². The summed E-state index contributed by atoms with van der Waals surface area (Å²) in [5.74, 6) is -1.41. The summed E-state index contributed by atoms with van der Waals surface area (Å²) >= 11 is 6.25. The van der Waals surface area contributed by atoms with Gasteiger partial charge in [0.25, 0.3) is 5.91 Å². The normalized spacial score (nSPS) is 14.1. The van der Waals surface area contributed by atoms with Gasteiger partial charge in [-0.1, -0.05) is 68.8 Å². The summed E-state index contributed by atoms with van der Waals surface area (Å²) < 4.78 is 7.41. The third-order valence-corrected chi connectivity index (χ3v) is 6.34. The van der Waals surface area contributed by atoms with E-state index in [0.717, 1.165) is 0 Å². The predicted molar refractivity (Wildman–Crippen MR) is 133 cm³/mol. The maximum Gasteiger partial charge on any atom is 0.305 e. The zero-order valence-corrected chi connectivity index (χ0v) is 20.9. The number of ether oxygens (including phenoxy) is 1. The van der Waals surface area contributed by atoms with Crippen LogP contribution in [-0.2, 0) is 4.79 Å². The summed E-state index contributed by atoms with van der Waals surface area (Å²) in [7, 11) is 0. The second kappa shape index (κ2) is 10.5. The van der Waals surface area contributed by atoms with Gasteiger partial charge in [0.15, 0.2) is 5.69 Å². The lowest BCUT2D eigenvalue weighted by Gasteiger charge is -2.36. The van der Waals surface area contributed by atoms with E-state index >= 15 is 0 Å². The topological polar surface area (TPSA) is 114 Å². The molecule has 3 N–H and O–H groups in total. The Morgan fingerprint density at radius 1 is 1.09 bits per heavy atom. The number of benzene rings is 2. The minimum atomic E-state index is -1.15. The molecule has 9 heteroatoms. The highest BCUT2D eigenvalue weighted by Gasteiger charge is 2.36. The van der Waals surface area contributed by atoms with E-state index in [-0.39, 0.29) is 24.6 Å². The molecule has 8 nitrogen and oxygen atoms in total. The van der Waals surface area contributed by atoms with Crippen LogP contribution < -0.4 is 10.1 Å². The molecule has 0 radical (unpaired) electrons. The summed E-state index contributed by atoms with van der Waals surface area (Å²) in [6.07, 6.45) is -0.354. The first-order valence-electron chi connectivity index (χ1n) is 11.2. The van der Waals surface area contributed by atoms with E-state index in [2.05, 4.69) is 10.4 Å². The van der Waals surface area contributed by atoms with Gasteiger partial charge in [0.05, 0.1) is 18.2 Å². The predicted octanol–water partition coefficient (Wildman–Crippen LogP) is 4.65. The van der Waals surface area contributed by atoms with E-state index in [1.165, 1.54) is 10.7 Å². The Labute approximate surface area is 209 Å². The number of para-hydroxylation sites is 1. The van der Waals surface area contributed by atoms with Gasteiger partial charge in [-0.05, 0) is 36.1 Å². The van der Waals surface area contributed by atoms with Crippen LogP contribution in [0.15, 0.2) is 60.7 Å². The first-order valence-corrected chi connectivity index (χ1v) is 11.5. The monoisotopic (exact) mass is 499 g/mol. The van der Waals surface area contributed by atoms with Gasteiger partial charge in [0.1, 0.15) is 12.2 Å². The molecule has 0 fully saturated rings. The van der Waals surface area contributed by atoms with Gasteiger partial charge in [-0.25, -0.2) is 4.68 Å². The number of hydrogen-bond acceptors (Lipinski definition) is 5. The minimum Gasteiger partial charge on any atom is -0.481 e. The number of rotatable bonds is 9. The van der Waals surface area contributed by atoms with Crippen molar-refractivity contribution in [3.05, 3.63) is 76.9 Å². The first kappa shape index (κ1) is 26.2.